The Balaban J connectivity index is 1.95. The van der Waals surface area contributed by atoms with Crippen LogP contribution in [0.5, 0.6) is 5.75 Å². The van der Waals surface area contributed by atoms with Crippen LogP contribution >= 0.6 is 0 Å². The Morgan fingerprint density at radius 3 is 2.90 bits per heavy atom. The standard InChI is InChI=1S/C15H18N4O2/c1-21-14-5-3-2-4-11(14)6-9-18-15(20)12-10-17-8-7-13(12)19-16/h2-5,7-8,10H,6,9,16H2,1H3,(H,17,19)(H,18,20). The highest BCUT2D eigenvalue weighted by Gasteiger charge is 2.10. The Morgan fingerprint density at radius 1 is 1.33 bits per heavy atom. The molecule has 1 heterocycles. The number of hydrogen-bond acceptors (Lipinski definition) is 5. The quantitative estimate of drug-likeness (QED) is 0.551. The molecule has 0 radical (unpaired) electrons. The minimum absolute atomic E-state index is 0.217. The molecule has 0 unspecified atom stereocenters. The minimum atomic E-state index is -0.217. The molecule has 6 nitrogen and oxygen atoms in total. The Hall–Kier alpha value is -2.60. The summed E-state index contributed by atoms with van der Waals surface area (Å²) in [6.07, 6.45) is 3.73. The second kappa shape index (κ2) is 7.25. The van der Waals surface area contributed by atoms with Gasteiger partial charge in [0.1, 0.15) is 5.75 Å². The molecular formula is C15H18N4O2. The van der Waals surface area contributed by atoms with Gasteiger partial charge in [0.05, 0.1) is 18.4 Å². The van der Waals surface area contributed by atoms with E-state index in [2.05, 4.69) is 15.7 Å². The van der Waals surface area contributed by atoms with Crippen LogP contribution in [0.1, 0.15) is 15.9 Å². The smallest absolute Gasteiger partial charge is 0.255 e. The molecule has 4 N–H and O–H groups in total. The molecule has 1 aromatic heterocycles. The Bertz CT molecular complexity index is 616. The van der Waals surface area contributed by atoms with E-state index in [1.54, 1.807) is 19.4 Å². The highest BCUT2D eigenvalue weighted by Crippen LogP contribution is 2.17. The molecule has 0 aliphatic carbocycles. The van der Waals surface area contributed by atoms with Crippen LogP contribution in [0.4, 0.5) is 5.69 Å². The van der Waals surface area contributed by atoms with E-state index in [9.17, 15) is 4.79 Å². The van der Waals surface area contributed by atoms with Crippen LogP contribution in [0.2, 0.25) is 0 Å². The molecule has 0 saturated carbocycles. The SMILES string of the molecule is COc1ccccc1CCNC(=O)c1cnccc1NN. The lowest BCUT2D eigenvalue weighted by Gasteiger charge is -2.10. The maximum Gasteiger partial charge on any atom is 0.255 e. The first-order valence-corrected chi connectivity index (χ1v) is 6.57. The molecule has 0 fully saturated rings. The van der Waals surface area contributed by atoms with E-state index in [1.165, 1.54) is 6.20 Å². The number of amides is 1. The predicted octanol–water partition coefficient (Wildman–Crippen LogP) is 1.35. The molecule has 0 atom stereocenters. The van der Waals surface area contributed by atoms with E-state index in [0.717, 1.165) is 11.3 Å². The summed E-state index contributed by atoms with van der Waals surface area (Å²) in [5.74, 6) is 5.97. The lowest BCUT2D eigenvalue weighted by Crippen LogP contribution is -2.27. The lowest BCUT2D eigenvalue weighted by atomic mass is 10.1. The van der Waals surface area contributed by atoms with E-state index >= 15 is 0 Å². The van der Waals surface area contributed by atoms with Gasteiger partial charge in [-0.05, 0) is 24.1 Å². The summed E-state index contributed by atoms with van der Waals surface area (Å²) in [5, 5.41) is 2.84. The fraction of sp³-hybridized carbons (Fsp3) is 0.200. The number of pyridine rings is 1. The monoisotopic (exact) mass is 286 g/mol. The number of carbonyl (C=O) groups is 1. The number of rotatable bonds is 6. The number of nitrogens with zero attached hydrogens (tertiary/aromatic N) is 1. The summed E-state index contributed by atoms with van der Waals surface area (Å²) in [4.78, 5) is 16.0. The lowest BCUT2D eigenvalue weighted by molar-refractivity contribution is 0.0954. The Morgan fingerprint density at radius 2 is 2.14 bits per heavy atom. The van der Waals surface area contributed by atoms with Gasteiger partial charge < -0.3 is 15.5 Å². The van der Waals surface area contributed by atoms with E-state index < -0.39 is 0 Å². The highest BCUT2D eigenvalue weighted by molar-refractivity contribution is 5.99. The first-order valence-electron chi connectivity index (χ1n) is 6.57. The van der Waals surface area contributed by atoms with Gasteiger partial charge in [-0.1, -0.05) is 18.2 Å². The summed E-state index contributed by atoms with van der Waals surface area (Å²) < 4.78 is 5.27. The number of aromatic nitrogens is 1. The summed E-state index contributed by atoms with van der Waals surface area (Å²) in [6, 6.07) is 9.37. The van der Waals surface area contributed by atoms with E-state index in [4.69, 9.17) is 10.6 Å². The molecule has 0 bridgehead atoms. The fourth-order valence-electron chi connectivity index (χ4n) is 2.02. The van der Waals surface area contributed by atoms with Crippen LogP contribution in [-0.4, -0.2) is 24.5 Å². The molecule has 0 aliphatic rings. The van der Waals surface area contributed by atoms with Crippen molar-refractivity contribution in [3.05, 3.63) is 53.9 Å². The van der Waals surface area contributed by atoms with Crippen molar-refractivity contribution < 1.29 is 9.53 Å². The van der Waals surface area contributed by atoms with Crippen molar-refractivity contribution in [1.29, 1.82) is 0 Å². The third kappa shape index (κ3) is 3.70. The van der Waals surface area contributed by atoms with Crippen molar-refractivity contribution in [2.45, 2.75) is 6.42 Å². The van der Waals surface area contributed by atoms with Gasteiger partial charge >= 0.3 is 0 Å². The number of carbonyl (C=O) groups excluding carboxylic acids is 1. The zero-order valence-electron chi connectivity index (χ0n) is 11.8. The Kier molecular flexibility index (Phi) is 5.11. The van der Waals surface area contributed by atoms with Crippen LogP contribution in [0.15, 0.2) is 42.7 Å². The van der Waals surface area contributed by atoms with Crippen molar-refractivity contribution >= 4 is 11.6 Å². The maximum absolute atomic E-state index is 12.1. The third-order valence-electron chi connectivity index (χ3n) is 3.09. The maximum atomic E-state index is 12.1. The average Bonchev–Trinajstić information content (AvgIpc) is 2.55. The van der Waals surface area contributed by atoms with Crippen molar-refractivity contribution in [3.63, 3.8) is 0 Å². The number of hydrogen-bond donors (Lipinski definition) is 3. The van der Waals surface area contributed by atoms with Gasteiger partial charge in [0, 0.05) is 18.9 Å². The van der Waals surface area contributed by atoms with Crippen LogP contribution in [0, 0.1) is 0 Å². The number of anilines is 1. The second-order valence-electron chi connectivity index (χ2n) is 4.38. The number of para-hydroxylation sites is 1. The van der Waals surface area contributed by atoms with Gasteiger partial charge in [-0.3, -0.25) is 15.6 Å². The topological polar surface area (TPSA) is 89.3 Å². The Labute approximate surface area is 123 Å². The van der Waals surface area contributed by atoms with Gasteiger partial charge in [0.2, 0.25) is 0 Å². The number of nitrogen functional groups attached to an aromatic ring is 1. The van der Waals surface area contributed by atoms with Gasteiger partial charge in [0.15, 0.2) is 0 Å². The largest absolute Gasteiger partial charge is 0.496 e. The molecule has 0 saturated heterocycles. The van der Waals surface area contributed by atoms with Crippen LogP contribution in [0.25, 0.3) is 0 Å². The van der Waals surface area contributed by atoms with E-state index in [1.807, 2.05) is 24.3 Å². The first kappa shape index (κ1) is 14.8. The first-order chi connectivity index (χ1) is 10.3. The molecule has 21 heavy (non-hydrogen) atoms. The predicted molar refractivity (Wildman–Crippen MR) is 81.1 cm³/mol. The summed E-state index contributed by atoms with van der Waals surface area (Å²) in [7, 11) is 1.63. The number of methoxy groups -OCH3 is 1. The molecule has 0 aliphatic heterocycles. The van der Waals surface area contributed by atoms with Crippen molar-refractivity contribution in [2.75, 3.05) is 19.1 Å². The number of nitrogens with two attached hydrogens (primary N) is 1. The summed E-state index contributed by atoms with van der Waals surface area (Å²) >= 11 is 0. The fourth-order valence-corrected chi connectivity index (χ4v) is 2.02. The average molecular weight is 286 g/mol. The van der Waals surface area contributed by atoms with Crippen LogP contribution in [0.3, 0.4) is 0 Å². The zero-order chi connectivity index (χ0) is 15.1. The second-order valence-corrected chi connectivity index (χ2v) is 4.38. The number of benzene rings is 1. The molecule has 110 valence electrons. The van der Waals surface area contributed by atoms with Gasteiger partial charge in [-0.25, -0.2) is 0 Å². The van der Waals surface area contributed by atoms with Gasteiger partial charge in [-0.15, -0.1) is 0 Å². The zero-order valence-corrected chi connectivity index (χ0v) is 11.8. The highest BCUT2D eigenvalue weighted by atomic mass is 16.5. The van der Waals surface area contributed by atoms with Crippen LogP contribution in [-0.2, 0) is 6.42 Å². The van der Waals surface area contributed by atoms with Crippen molar-refractivity contribution in [1.82, 2.24) is 10.3 Å². The van der Waals surface area contributed by atoms with Gasteiger partial charge in [-0.2, -0.15) is 0 Å². The normalized spacial score (nSPS) is 10.0. The van der Waals surface area contributed by atoms with Gasteiger partial charge in [0.25, 0.3) is 5.91 Å². The van der Waals surface area contributed by atoms with E-state index in [-0.39, 0.29) is 5.91 Å². The molecule has 1 aromatic carbocycles. The summed E-state index contributed by atoms with van der Waals surface area (Å²) in [6.45, 7) is 0.498. The minimum Gasteiger partial charge on any atom is -0.496 e. The number of nitrogens with one attached hydrogen (secondary N) is 2. The molecular weight excluding hydrogens is 268 g/mol. The number of ether oxygens (including phenoxy) is 1. The molecule has 2 aromatic rings. The molecule has 1 amide bonds. The number of hydrazine groups is 1. The third-order valence-corrected chi connectivity index (χ3v) is 3.09. The summed E-state index contributed by atoms with van der Waals surface area (Å²) in [5.41, 5.74) is 4.49. The molecule has 2 rings (SSSR count). The van der Waals surface area contributed by atoms with E-state index in [0.29, 0.717) is 24.2 Å². The van der Waals surface area contributed by atoms with Crippen molar-refractivity contribution in [2.24, 2.45) is 5.84 Å². The van der Waals surface area contributed by atoms with Crippen molar-refractivity contribution in [3.8, 4) is 5.75 Å². The molecule has 6 heteroatoms. The molecule has 0 spiro atoms. The van der Waals surface area contributed by atoms with Crippen LogP contribution < -0.4 is 21.3 Å².